The standard InChI is InChI=1S/C18H26N2O6S/c1-24-14-6-5-12(11-15(14)25-2)17(22)19-9-7-16(21)20-13(8-10-27-4)18(23)26-3/h5-6,11,13H,7-10H2,1-4H3,(H,19,22)(H,20,21)/t13-/m0/s1. The van der Waals surface area contributed by atoms with Crippen molar-refractivity contribution >= 4 is 29.5 Å². The third kappa shape index (κ3) is 7.38. The molecule has 1 atom stereocenters. The van der Waals surface area contributed by atoms with Crippen LogP contribution in [0.5, 0.6) is 11.5 Å². The van der Waals surface area contributed by atoms with E-state index in [9.17, 15) is 14.4 Å². The van der Waals surface area contributed by atoms with Crippen LogP contribution < -0.4 is 20.1 Å². The number of rotatable bonds is 11. The Balaban J connectivity index is 2.52. The zero-order valence-electron chi connectivity index (χ0n) is 16.0. The molecule has 1 rings (SSSR count). The fraction of sp³-hybridized carbons (Fsp3) is 0.500. The van der Waals surface area contributed by atoms with Crippen LogP contribution in [-0.2, 0) is 14.3 Å². The Bertz CT molecular complexity index is 653. The van der Waals surface area contributed by atoms with Crippen molar-refractivity contribution in [3.63, 3.8) is 0 Å². The van der Waals surface area contributed by atoms with Crippen LogP contribution in [0.15, 0.2) is 18.2 Å². The molecule has 1 aromatic rings. The first-order valence-electron chi connectivity index (χ1n) is 8.33. The SMILES string of the molecule is COC(=O)[C@H](CCSC)NC(=O)CCNC(=O)c1ccc(OC)c(OC)c1. The van der Waals surface area contributed by atoms with E-state index < -0.39 is 12.0 Å². The van der Waals surface area contributed by atoms with E-state index in [0.29, 0.717) is 23.5 Å². The first-order valence-corrected chi connectivity index (χ1v) is 9.72. The predicted octanol–water partition coefficient (Wildman–Crippen LogP) is 1.23. The smallest absolute Gasteiger partial charge is 0.328 e. The molecule has 1 aromatic carbocycles. The summed E-state index contributed by atoms with van der Waals surface area (Å²) in [5.41, 5.74) is 0.389. The summed E-state index contributed by atoms with van der Waals surface area (Å²) in [6.45, 7) is 0.134. The average molecular weight is 398 g/mol. The van der Waals surface area contributed by atoms with Gasteiger partial charge in [-0.2, -0.15) is 11.8 Å². The van der Waals surface area contributed by atoms with Crippen molar-refractivity contribution in [1.82, 2.24) is 10.6 Å². The van der Waals surface area contributed by atoms with E-state index in [1.54, 1.807) is 30.0 Å². The minimum atomic E-state index is -0.684. The molecule has 8 nitrogen and oxygen atoms in total. The Kier molecular flexibility index (Phi) is 10.1. The van der Waals surface area contributed by atoms with Gasteiger partial charge in [-0.05, 0) is 36.6 Å². The number of hydrogen-bond donors (Lipinski definition) is 2. The van der Waals surface area contributed by atoms with Gasteiger partial charge >= 0.3 is 5.97 Å². The summed E-state index contributed by atoms with van der Waals surface area (Å²) in [6.07, 6.45) is 2.45. The molecule has 0 spiro atoms. The molecule has 9 heteroatoms. The molecule has 0 fully saturated rings. The normalized spacial score (nSPS) is 11.3. The number of hydrogen-bond acceptors (Lipinski definition) is 7. The molecular weight excluding hydrogens is 372 g/mol. The van der Waals surface area contributed by atoms with E-state index in [-0.39, 0.29) is 24.8 Å². The Morgan fingerprint density at radius 1 is 1.11 bits per heavy atom. The third-order valence-electron chi connectivity index (χ3n) is 3.71. The van der Waals surface area contributed by atoms with E-state index in [1.165, 1.54) is 21.3 Å². The first kappa shape index (κ1) is 22.6. The number of esters is 1. The van der Waals surface area contributed by atoms with Gasteiger partial charge in [0.15, 0.2) is 11.5 Å². The second-order valence-electron chi connectivity index (χ2n) is 5.50. The molecule has 0 heterocycles. The zero-order chi connectivity index (χ0) is 20.2. The maximum Gasteiger partial charge on any atom is 0.328 e. The summed E-state index contributed by atoms with van der Waals surface area (Å²) in [4.78, 5) is 35.9. The zero-order valence-corrected chi connectivity index (χ0v) is 16.8. The number of ether oxygens (including phenoxy) is 3. The van der Waals surface area contributed by atoms with Gasteiger partial charge in [0, 0.05) is 18.5 Å². The molecule has 0 aliphatic rings. The van der Waals surface area contributed by atoms with E-state index in [1.807, 2.05) is 6.26 Å². The molecule has 2 amide bonds. The molecule has 0 aliphatic carbocycles. The number of benzene rings is 1. The first-order chi connectivity index (χ1) is 13.0. The lowest BCUT2D eigenvalue weighted by Gasteiger charge is -2.16. The van der Waals surface area contributed by atoms with Crippen molar-refractivity contribution in [2.75, 3.05) is 39.9 Å². The van der Waals surface area contributed by atoms with Crippen molar-refractivity contribution in [2.45, 2.75) is 18.9 Å². The van der Waals surface area contributed by atoms with Gasteiger partial charge in [-0.25, -0.2) is 4.79 Å². The third-order valence-corrected chi connectivity index (χ3v) is 4.36. The Morgan fingerprint density at radius 2 is 1.81 bits per heavy atom. The number of carbonyl (C=O) groups is 3. The van der Waals surface area contributed by atoms with Crippen LogP contribution in [0.1, 0.15) is 23.2 Å². The van der Waals surface area contributed by atoms with Gasteiger partial charge in [0.1, 0.15) is 6.04 Å². The van der Waals surface area contributed by atoms with Crippen LogP contribution in [0.3, 0.4) is 0 Å². The monoisotopic (exact) mass is 398 g/mol. The highest BCUT2D eigenvalue weighted by molar-refractivity contribution is 7.98. The molecule has 0 bridgehead atoms. The topological polar surface area (TPSA) is 103 Å². The predicted molar refractivity (Wildman–Crippen MR) is 103 cm³/mol. The molecule has 0 radical (unpaired) electrons. The number of methoxy groups -OCH3 is 3. The number of amides is 2. The van der Waals surface area contributed by atoms with Gasteiger partial charge in [-0.1, -0.05) is 0 Å². The van der Waals surface area contributed by atoms with E-state index in [4.69, 9.17) is 14.2 Å². The van der Waals surface area contributed by atoms with Gasteiger partial charge in [0.25, 0.3) is 5.91 Å². The van der Waals surface area contributed by atoms with Gasteiger partial charge in [-0.3, -0.25) is 9.59 Å². The Hall–Kier alpha value is -2.42. The summed E-state index contributed by atoms with van der Waals surface area (Å²) in [5, 5.41) is 5.30. The average Bonchev–Trinajstić information content (AvgIpc) is 2.69. The minimum Gasteiger partial charge on any atom is -0.493 e. The van der Waals surface area contributed by atoms with Crippen LogP contribution in [0.4, 0.5) is 0 Å². The summed E-state index contributed by atoms with van der Waals surface area (Å²) in [7, 11) is 4.28. The lowest BCUT2D eigenvalue weighted by Crippen LogP contribution is -2.43. The Morgan fingerprint density at radius 3 is 2.41 bits per heavy atom. The van der Waals surface area contributed by atoms with Gasteiger partial charge < -0.3 is 24.8 Å². The van der Waals surface area contributed by atoms with E-state index >= 15 is 0 Å². The maximum absolute atomic E-state index is 12.2. The van der Waals surface area contributed by atoms with Crippen molar-refractivity contribution in [3.05, 3.63) is 23.8 Å². The highest BCUT2D eigenvalue weighted by atomic mass is 32.2. The largest absolute Gasteiger partial charge is 0.493 e. The second-order valence-corrected chi connectivity index (χ2v) is 6.49. The number of carbonyl (C=O) groups excluding carboxylic acids is 3. The second kappa shape index (κ2) is 12.1. The van der Waals surface area contributed by atoms with Gasteiger partial charge in [0.2, 0.25) is 5.91 Å². The van der Waals surface area contributed by atoms with Crippen LogP contribution in [0.25, 0.3) is 0 Å². The molecule has 150 valence electrons. The molecule has 0 saturated heterocycles. The molecular formula is C18H26N2O6S. The lowest BCUT2D eigenvalue weighted by molar-refractivity contribution is -0.145. The maximum atomic E-state index is 12.2. The molecule has 0 saturated carbocycles. The van der Waals surface area contributed by atoms with Crippen molar-refractivity contribution in [3.8, 4) is 11.5 Å². The Labute approximate surface area is 163 Å². The van der Waals surface area contributed by atoms with Crippen molar-refractivity contribution < 1.29 is 28.6 Å². The lowest BCUT2D eigenvalue weighted by atomic mass is 10.2. The summed E-state index contributed by atoms with van der Waals surface area (Å²) >= 11 is 1.57. The molecule has 2 N–H and O–H groups in total. The number of thioether (sulfide) groups is 1. The highest BCUT2D eigenvalue weighted by Gasteiger charge is 2.21. The van der Waals surface area contributed by atoms with Gasteiger partial charge in [-0.15, -0.1) is 0 Å². The molecule has 0 unspecified atom stereocenters. The van der Waals surface area contributed by atoms with Crippen LogP contribution in [0.2, 0.25) is 0 Å². The van der Waals surface area contributed by atoms with Gasteiger partial charge in [0.05, 0.1) is 21.3 Å². The fourth-order valence-corrected chi connectivity index (χ4v) is 2.73. The van der Waals surface area contributed by atoms with Crippen LogP contribution in [0, 0.1) is 0 Å². The van der Waals surface area contributed by atoms with E-state index in [0.717, 1.165) is 5.75 Å². The van der Waals surface area contributed by atoms with Crippen LogP contribution >= 0.6 is 11.8 Å². The fourth-order valence-electron chi connectivity index (χ4n) is 2.26. The quantitative estimate of drug-likeness (QED) is 0.541. The van der Waals surface area contributed by atoms with Crippen LogP contribution in [-0.4, -0.2) is 63.7 Å². The summed E-state index contributed by atoms with van der Waals surface area (Å²) in [6, 6.07) is 4.11. The molecule has 0 aromatic heterocycles. The molecule has 27 heavy (non-hydrogen) atoms. The molecule has 0 aliphatic heterocycles. The summed E-state index contributed by atoms with van der Waals surface area (Å²) in [5.74, 6) is 0.530. The van der Waals surface area contributed by atoms with Crippen molar-refractivity contribution in [2.24, 2.45) is 0 Å². The van der Waals surface area contributed by atoms with E-state index in [2.05, 4.69) is 10.6 Å². The summed E-state index contributed by atoms with van der Waals surface area (Å²) < 4.78 is 15.0. The van der Waals surface area contributed by atoms with Crippen molar-refractivity contribution in [1.29, 1.82) is 0 Å². The highest BCUT2D eigenvalue weighted by Crippen LogP contribution is 2.27. The number of nitrogens with one attached hydrogen (secondary N) is 2. The minimum absolute atomic E-state index is 0.0474.